The van der Waals surface area contributed by atoms with Gasteiger partial charge in [-0.05, 0) is 35.2 Å². The first-order valence-electron chi connectivity index (χ1n) is 7.09. The average Bonchev–Trinajstić information content (AvgIpc) is 3.29. The number of rotatable bonds is 5. The van der Waals surface area contributed by atoms with Crippen LogP contribution in [0.1, 0.15) is 16.8 Å². The fourth-order valence-corrected chi connectivity index (χ4v) is 2.61. The third-order valence-corrected chi connectivity index (χ3v) is 4.02. The normalized spacial score (nSPS) is 10.6. The molecule has 0 radical (unpaired) electrons. The quantitative estimate of drug-likeness (QED) is 0.519. The van der Waals surface area contributed by atoms with E-state index in [1.807, 2.05) is 23.6 Å². The molecular formula is C18H12N2O3S. The number of nitriles is 1. The molecule has 0 saturated heterocycles. The monoisotopic (exact) mass is 336 g/mol. The van der Waals surface area contributed by atoms with Crippen LogP contribution in [0.15, 0.2) is 58.4 Å². The minimum Gasteiger partial charge on any atom is -0.456 e. The van der Waals surface area contributed by atoms with Crippen LogP contribution in [0.2, 0.25) is 0 Å². The van der Waals surface area contributed by atoms with E-state index in [-0.39, 0.29) is 6.61 Å². The highest BCUT2D eigenvalue weighted by atomic mass is 32.1. The zero-order valence-corrected chi connectivity index (χ0v) is 13.3. The summed E-state index contributed by atoms with van der Waals surface area (Å²) in [5.41, 5.74) is 1.94. The SMILES string of the molecule is N#Cc1ccc(/C=C/C(=O)OCc2cc(-c3cccs3)on2)cc1. The van der Waals surface area contributed by atoms with Crippen molar-refractivity contribution >= 4 is 23.4 Å². The summed E-state index contributed by atoms with van der Waals surface area (Å²) in [6.07, 6.45) is 2.96. The molecule has 0 aliphatic carbocycles. The van der Waals surface area contributed by atoms with Crippen LogP contribution in [0, 0.1) is 11.3 Å². The summed E-state index contributed by atoms with van der Waals surface area (Å²) in [7, 11) is 0. The lowest BCUT2D eigenvalue weighted by Crippen LogP contribution is -2.00. The van der Waals surface area contributed by atoms with Crippen molar-refractivity contribution in [3.05, 3.63) is 70.7 Å². The Labute approximate surface area is 142 Å². The number of carbonyl (C=O) groups excluding carboxylic acids is 1. The Morgan fingerprint density at radius 1 is 1.33 bits per heavy atom. The van der Waals surface area contributed by atoms with Crippen molar-refractivity contribution in [1.29, 1.82) is 5.26 Å². The van der Waals surface area contributed by atoms with E-state index in [1.165, 1.54) is 6.08 Å². The van der Waals surface area contributed by atoms with Gasteiger partial charge in [0.15, 0.2) is 5.76 Å². The molecule has 0 aliphatic heterocycles. The van der Waals surface area contributed by atoms with Gasteiger partial charge in [-0.2, -0.15) is 5.26 Å². The summed E-state index contributed by atoms with van der Waals surface area (Å²) in [5.74, 6) is 0.184. The molecule has 3 rings (SSSR count). The molecule has 0 spiro atoms. The van der Waals surface area contributed by atoms with E-state index in [4.69, 9.17) is 14.5 Å². The number of hydrogen-bond acceptors (Lipinski definition) is 6. The number of carbonyl (C=O) groups is 1. The van der Waals surface area contributed by atoms with Gasteiger partial charge >= 0.3 is 5.97 Å². The number of thiophene rings is 1. The van der Waals surface area contributed by atoms with Crippen LogP contribution in [0.25, 0.3) is 16.7 Å². The van der Waals surface area contributed by atoms with E-state index in [2.05, 4.69) is 5.16 Å². The van der Waals surface area contributed by atoms with Gasteiger partial charge in [0.05, 0.1) is 16.5 Å². The largest absolute Gasteiger partial charge is 0.456 e. The predicted octanol–water partition coefficient (Wildman–Crippen LogP) is 4.03. The summed E-state index contributed by atoms with van der Waals surface area (Å²) in [6.45, 7) is 0.0470. The number of nitrogens with zero attached hydrogens (tertiary/aromatic N) is 2. The van der Waals surface area contributed by atoms with Crippen LogP contribution >= 0.6 is 11.3 Å². The molecular weight excluding hydrogens is 324 g/mol. The van der Waals surface area contributed by atoms with Crippen LogP contribution in [0.5, 0.6) is 0 Å². The highest BCUT2D eigenvalue weighted by molar-refractivity contribution is 7.13. The molecule has 0 saturated carbocycles. The van der Waals surface area contributed by atoms with Crippen molar-refractivity contribution in [1.82, 2.24) is 5.16 Å². The van der Waals surface area contributed by atoms with Crippen LogP contribution in [0.3, 0.4) is 0 Å². The Hall–Kier alpha value is -3.17. The Morgan fingerprint density at radius 2 is 2.17 bits per heavy atom. The van der Waals surface area contributed by atoms with E-state index in [0.29, 0.717) is 17.0 Å². The second-order valence-electron chi connectivity index (χ2n) is 4.83. The van der Waals surface area contributed by atoms with Gasteiger partial charge < -0.3 is 9.26 Å². The van der Waals surface area contributed by atoms with E-state index >= 15 is 0 Å². The maximum absolute atomic E-state index is 11.7. The molecule has 0 atom stereocenters. The molecule has 0 unspecified atom stereocenters. The van der Waals surface area contributed by atoms with Crippen LogP contribution in [-0.2, 0) is 16.1 Å². The van der Waals surface area contributed by atoms with E-state index < -0.39 is 5.97 Å². The topological polar surface area (TPSA) is 76.1 Å². The zero-order chi connectivity index (χ0) is 16.8. The van der Waals surface area contributed by atoms with Crippen molar-refractivity contribution in [3.63, 3.8) is 0 Å². The molecule has 1 aromatic carbocycles. The standard InChI is InChI=1S/C18H12N2O3S/c19-11-14-5-3-13(4-6-14)7-8-18(21)22-12-15-10-16(23-20-15)17-2-1-9-24-17/h1-10H,12H2/b8-7+. The van der Waals surface area contributed by atoms with Crippen LogP contribution < -0.4 is 0 Å². The van der Waals surface area contributed by atoms with Gasteiger partial charge in [0.2, 0.25) is 0 Å². The first-order valence-corrected chi connectivity index (χ1v) is 7.97. The Balaban J connectivity index is 1.53. The third kappa shape index (κ3) is 3.97. The van der Waals surface area contributed by atoms with Gasteiger partial charge in [-0.25, -0.2) is 4.79 Å². The molecule has 0 N–H and O–H groups in total. The Morgan fingerprint density at radius 3 is 2.88 bits per heavy atom. The Kier molecular flexibility index (Phi) is 4.84. The summed E-state index contributed by atoms with van der Waals surface area (Å²) < 4.78 is 10.3. The van der Waals surface area contributed by atoms with Crippen molar-refractivity contribution < 1.29 is 14.1 Å². The van der Waals surface area contributed by atoms with Gasteiger partial charge in [0.25, 0.3) is 0 Å². The molecule has 118 valence electrons. The summed E-state index contributed by atoms with van der Waals surface area (Å²) in [6, 6.07) is 14.5. The summed E-state index contributed by atoms with van der Waals surface area (Å²) in [4.78, 5) is 12.7. The zero-order valence-electron chi connectivity index (χ0n) is 12.5. The number of benzene rings is 1. The smallest absolute Gasteiger partial charge is 0.331 e. The first kappa shape index (κ1) is 15.7. The highest BCUT2D eigenvalue weighted by Gasteiger charge is 2.08. The number of ether oxygens (including phenoxy) is 1. The molecule has 6 heteroatoms. The lowest BCUT2D eigenvalue weighted by Gasteiger charge is -1.97. The van der Waals surface area contributed by atoms with Gasteiger partial charge in [-0.15, -0.1) is 11.3 Å². The molecule has 24 heavy (non-hydrogen) atoms. The molecule has 0 amide bonds. The first-order chi connectivity index (χ1) is 11.7. The maximum atomic E-state index is 11.7. The molecule has 3 aromatic rings. The summed E-state index contributed by atoms with van der Waals surface area (Å²) >= 11 is 1.55. The van der Waals surface area contributed by atoms with E-state index in [0.717, 1.165) is 10.4 Å². The second-order valence-corrected chi connectivity index (χ2v) is 5.78. The van der Waals surface area contributed by atoms with E-state index in [9.17, 15) is 4.79 Å². The lowest BCUT2D eigenvalue weighted by molar-refractivity contribution is -0.139. The van der Waals surface area contributed by atoms with Gasteiger partial charge in [0, 0.05) is 12.1 Å². The van der Waals surface area contributed by atoms with Crippen molar-refractivity contribution in [2.45, 2.75) is 6.61 Å². The second kappa shape index (κ2) is 7.40. The fraction of sp³-hybridized carbons (Fsp3) is 0.0556. The van der Waals surface area contributed by atoms with Crippen molar-refractivity contribution in [3.8, 4) is 16.7 Å². The van der Waals surface area contributed by atoms with Crippen molar-refractivity contribution in [2.75, 3.05) is 0 Å². The fourth-order valence-electron chi connectivity index (χ4n) is 1.94. The molecule has 2 heterocycles. The van der Waals surface area contributed by atoms with Gasteiger partial charge in [-0.3, -0.25) is 0 Å². The lowest BCUT2D eigenvalue weighted by atomic mass is 10.1. The molecule has 0 bridgehead atoms. The van der Waals surface area contributed by atoms with Gasteiger partial charge in [0.1, 0.15) is 12.3 Å². The number of esters is 1. The summed E-state index contributed by atoms with van der Waals surface area (Å²) in [5, 5.41) is 14.6. The molecule has 0 fully saturated rings. The minimum atomic E-state index is -0.472. The Bertz CT molecular complexity index is 887. The third-order valence-electron chi connectivity index (χ3n) is 3.14. The maximum Gasteiger partial charge on any atom is 0.331 e. The molecule has 2 aromatic heterocycles. The average molecular weight is 336 g/mol. The molecule has 5 nitrogen and oxygen atoms in total. The van der Waals surface area contributed by atoms with Crippen LogP contribution in [0.4, 0.5) is 0 Å². The number of hydrogen-bond donors (Lipinski definition) is 0. The van der Waals surface area contributed by atoms with Crippen molar-refractivity contribution in [2.24, 2.45) is 0 Å². The number of aromatic nitrogens is 1. The highest BCUT2D eigenvalue weighted by Crippen LogP contribution is 2.25. The molecule has 0 aliphatic rings. The van der Waals surface area contributed by atoms with Crippen LogP contribution in [-0.4, -0.2) is 11.1 Å². The van der Waals surface area contributed by atoms with E-state index in [1.54, 1.807) is 47.7 Å². The minimum absolute atomic E-state index is 0.0470. The van der Waals surface area contributed by atoms with Gasteiger partial charge in [-0.1, -0.05) is 23.4 Å². The predicted molar refractivity (Wildman–Crippen MR) is 89.8 cm³/mol.